The monoisotopic (exact) mass is 435 g/mol. The Morgan fingerprint density at radius 3 is 2.23 bits per heavy atom. The van der Waals surface area contributed by atoms with E-state index in [4.69, 9.17) is 0 Å². The number of carbonyl (C=O) groups excluding carboxylic acids is 3. The predicted octanol–water partition coefficient (Wildman–Crippen LogP) is 3.59. The number of anilines is 2. The number of nitrogens with one attached hydrogen (secondary N) is 1. The van der Waals surface area contributed by atoms with E-state index in [0.717, 1.165) is 29.9 Å². The summed E-state index contributed by atoms with van der Waals surface area (Å²) in [4.78, 5) is 40.6. The molecule has 3 amide bonds. The van der Waals surface area contributed by atoms with Crippen molar-refractivity contribution >= 4 is 29.1 Å². The molecule has 0 spiro atoms. The number of rotatable bonds is 5. The van der Waals surface area contributed by atoms with E-state index in [1.807, 2.05) is 17.1 Å². The third-order valence-corrected chi connectivity index (χ3v) is 6.21. The van der Waals surface area contributed by atoms with E-state index in [1.54, 1.807) is 0 Å². The van der Waals surface area contributed by atoms with Gasteiger partial charge in [-0.1, -0.05) is 12.2 Å². The highest BCUT2D eigenvalue weighted by Gasteiger charge is 2.46. The Bertz CT molecular complexity index is 896. The van der Waals surface area contributed by atoms with Crippen molar-refractivity contribution in [1.29, 1.82) is 0 Å². The summed E-state index contributed by atoms with van der Waals surface area (Å²) in [6.45, 7) is 1.35. The number of likely N-dealkylation sites (tertiary alicyclic amines) is 1. The van der Waals surface area contributed by atoms with Crippen molar-refractivity contribution in [3.8, 4) is 0 Å². The highest BCUT2D eigenvalue weighted by atomic mass is 19.4. The number of fused-ring (bicyclic) bond motifs is 1. The summed E-state index contributed by atoms with van der Waals surface area (Å²) in [5, 5.41) is 2.57. The highest BCUT2D eigenvalue weighted by molar-refractivity contribution is 6.06. The lowest BCUT2D eigenvalue weighted by molar-refractivity contribution is -0.140. The molecular formula is C22H24F3N3O3. The molecule has 0 unspecified atom stereocenters. The fourth-order valence-corrected chi connectivity index (χ4v) is 4.56. The van der Waals surface area contributed by atoms with Gasteiger partial charge in [-0.05, 0) is 43.9 Å². The molecule has 6 nitrogen and oxygen atoms in total. The number of carbonyl (C=O) groups is 3. The van der Waals surface area contributed by atoms with Crippen LogP contribution >= 0.6 is 0 Å². The number of alkyl halides is 3. The first kappa shape index (κ1) is 21.4. The molecule has 3 aliphatic rings. The van der Waals surface area contributed by atoms with Crippen molar-refractivity contribution in [2.75, 3.05) is 29.9 Å². The standard InChI is InChI=1S/C22H24F3N3O3/c23-22(24,25)14-7-8-18(27-10-3-4-11-27)17(13-14)26-19(29)9-12-28-20(30)15-5-1-2-6-16(15)21(28)31/h1-2,7-8,13,15-16H,3-6,9-12H2,(H,26,29)/t15-,16+. The molecule has 2 saturated heterocycles. The van der Waals surface area contributed by atoms with E-state index in [1.165, 1.54) is 6.07 Å². The van der Waals surface area contributed by atoms with Crippen LogP contribution in [0.4, 0.5) is 24.5 Å². The molecule has 1 aromatic rings. The average molecular weight is 435 g/mol. The van der Waals surface area contributed by atoms with Gasteiger partial charge >= 0.3 is 6.18 Å². The first-order valence-corrected chi connectivity index (χ1v) is 10.5. The van der Waals surface area contributed by atoms with Gasteiger partial charge in [0.05, 0.1) is 28.8 Å². The molecule has 0 saturated carbocycles. The Hall–Kier alpha value is -2.84. The summed E-state index contributed by atoms with van der Waals surface area (Å²) in [5.74, 6) is -1.82. The summed E-state index contributed by atoms with van der Waals surface area (Å²) in [7, 11) is 0. The van der Waals surface area contributed by atoms with E-state index in [9.17, 15) is 27.6 Å². The Kier molecular flexibility index (Phi) is 5.77. The van der Waals surface area contributed by atoms with Gasteiger partial charge in [0, 0.05) is 26.1 Å². The largest absolute Gasteiger partial charge is 0.416 e. The third-order valence-electron chi connectivity index (χ3n) is 6.21. The number of amides is 3. The van der Waals surface area contributed by atoms with E-state index in [2.05, 4.69) is 5.32 Å². The van der Waals surface area contributed by atoms with Crippen LogP contribution in [0.5, 0.6) is 0 Å². The lowest BCUT2D eigenvalue weighted by atomic mass is 9.85. The number of allylic oxidation sites excluding steroid dienone is 2. The first-order valence-electron chi connectivity index (χ1n) is 10.5. The van der Waals surface area contributed by atoms with E-state index >= 15 is 0 Å². The maximum atomic E-state index is 13.2. The van der Waals surface area contributed by atoms with Crippen LogP contribution in [-0.4, -0.2) is 42.3 Å². The molecule has 1 aromatic carbocycles. The average Bonchev–Trinajstić information content (AvgIpc) is 3.34. The van der Waals surface area contributed by atoms with Crippen LogP contribution in [0.3, 0.4) is 0 Å². The molecule has 2 heterocycles. The van der Waals surface area contributed by atoms with E-state index < -0.39 is 17.6 Å². The Morgan fingerprint density at radius 1 is 1.03 bits per heavy atom. The topological polar surface area (TPSA) is 69.7 Å². The second kappa shape index (κ2) is 8.36. The zero-order valence-electron chi connectivity index (χ0n) is 17.0. The number of hydrogen-bond acceptors (Lipinski definition) is 4. The van der Waals surface area contributed by atoms with Crippen molar-refractivity contribution in [3.05, 3.63) is 35.9 Å². The third kappa shape index (κ3) is 4.31. The van der Waals surface area contributed by atoms with Crippen LogP contribution < -0.4 is 10.2 Å². The number of benzene rings is 1. The van der Waals surface area contributed by atoms with Crippen molar-refractivity contribution in [2.45, 2.75) is 38.3 Å². The van der Waals surface area contributed by atoms with Crippen LogP contribution in [0, 0.1) is 11.8 Å². The highest BCUT2D eigenvalue weighted by Crippen LogP contribution is 2.37. The Balaban J connectivity index is 1.45. The number of halogens is 3. The second-order valence-electron chi connectivity index (χ2n) is 8.21. The molecule has 0 radical (unpaired) electrons. The number of hydrogen-bond donors (Lipinski definition) is 1. The zero-order valence-corrected chi connectivity index (χ0v) is 17.0. The van der Waals surface area contributed by atoms with Gasteiger partial charge in [-0.3, -0.25) is 19.3 Å². The molecule has 1 N–H and O–H groups in total. The lowest BCUT2D eigenvalue weighted by Gasteiger charge is -2.23. The summed E-state index contributed by atoms with van der Waals surface area (Å²) in [6.07, 6.45) is 1.98. The molecule has 2 atom stereocenters. The predicted molar refractivity (Wildman–Crippen MR) is 108 cm³/mol. The first-order chi connectivity index (χ1) is 14.8. The lowest BCUT2D eigenvalue weighted by Crippen LogP contribution is -2.34. The summed E-state index contributed by atoms with van der Waals surface area (Å²) in [6, 6.07) is 3.34. The van der Waals surface area contributed by atoms with Gasteiger partial charge in [0.25, 0.3) is 0 Å². The van der Waals surface area contributed by atoms with Crippen molar-refractivity contribution in [2.24, 2.45) is 11.8 Å². The minimum Gasteiger partial charge on any atom is -0.370 e. The summed E-state index contributed by atoms with van der Waals surface area (Å²) in [5.41, 5.74) is -0.199. The molecule has 1 aliphatic carbocycles. The maximum Gasteiger partial charge on any atom is 0.416 e. The number of nitrogens with zero attached hydrogens (tertiary/aromatic N) is 2. The van der Waals surface area contributed by atoms with Gasteiger partial charge in [-0.25, -0.2) is 0 Å². The van der Waals surface area contributed by atoms with Gasteiger partial charge in [0.1, 0.15) is 0 Å². The Morgan fingerprint density at radius 2 is 1.65 bits per heavy atom. The van der Waals surface area contributed by atoms with Gasteiger partial charge < -0.3 is 10.2 Å². The van der Waals surface area contributed by atoms with Gasteiger partial charge in [0.15, 0.2) is 0 Å². The van der Waals surface area contributed by atoms with Crippen LogP contribution in [0.1, 0.15) is 37.7 Å². The normalized spacial score (nSPS) is 23.5. The van der Waals surface area contributed by atoms with E-state index in [0.29, 0.717) is 31.6 Å². The molecule has 166 valence electrons. The molecule has 31 heavy (non-hydrogen) atoms. The van der Waals surface area contributed by atoms with Gasteiger partial charge in [-0.2, -0.15) is 13.2 Å². The van der Waals surface area contributed by atoms with Gasteiger partial charge in [0.2, 0.25) is 17.7 Å². The van der Waals surface area contributed by atoms with Crippen molar-refractivity contribution < 1.29 is 27.6 Å². The minimum absolute atomic E-state index is 0.0749. The SMILES string of the molecule is O=C(CCN1C(=O)[C@H]2CC=CC[C@H]2C1=O)Nc1cc(C(F)(F)F)ccc1N1CCCC1. The molecule has 2 fully saturated rings. The summed E-state index contributed by atoms with van der Waals surface area (Å²) < 4.78 is 39.6. The smallest absolute Gasteiger partial charge is 0.370 e. The van der Waals surface area contributed by atoms with Crippen LogP contribution in [0.25, 0.3) is 0 Å². The molecular weight excluding hydrogens is 411 g/mol. The quantitative estimate of drug-likeness (QED) is 0.567. The van der Waals surface area contributed by atoms with Crippen LogP contribution in [0.2, 0.25) is 0 Å². The van der Waals surface area contributed by atoms with E-state index in [-0.39, 0.29) is 42.3 Å². The van der Waals surface area contributed by atoms with Crippen molar-refractivity contribution in [1.82, 2.24) is 4.90 Å². The fraction of sp³-hybridized carbons (Fsp3) is 0.500. The van der Waals surface area contributed by atoms with Crippen LogP contribution in [0.15, 0.2) is 30.4 Å². The number of imide groups is 1. The zero-order chi connectivity index (χ0) is 22.2. The molecule has 0 bridgehead atoms. The fourth-order valence-electron chi connectivity index (χ4n) is 4.56. The molecule has 0 aromatic heterocycles. The Labute approximate surface area is 178 Å². The summed E-state index contributed by atoms with van der Waals surface area (Å²) >= 11 is 0. The molecule has 4 rings (SSSR count). The van der Waals surface area contributed by atoms with Crippen LogP contribution in [-0.2, 0) is 20.6 Å². The minimum atomic E-state index is -4.53. The molecule has 9 heteroatoms. The molecule has 2 aliphatic heterocycles. The van der Waals surface area contributed by atoms with Gasteiger partial charge in [-0.15, -0.1) is 0 Å². The maximum absolute atomic E-state index is 13.2. The second-order valence-corrected chi connectivity index (χ2v) is 8.21. The van der Waals surface area contributed by atoms with Crippen molar-refractivity contribution in [3.63, 3.8) is 0 Å².